The number of fused-ring (bicyclic) bond motifs is 2. The number of likely N-dealkylation sites (tertiary alicyclic amines) is 2. The fourth-order valence-corrected chi connectivity index (χ4v) is 13.0. The van der Waals surface area contributed by atoms with E-state index in [4.69, 9.17) is 21.3 Å². The van der Waals surface area contributed by atoms with E-state index in [2.05, 4.69) is 41.9 Å². The Hall–Kier alpha value is -6.81. The Kier molecular flexibility index (Phi) is 17.5. The number of piperazine rings is 2. The molecule has 0 bridgehead atoms. The van der Waals surface area contributed by atoms with E-state index >= 15 is 4.39 Å². The lowest BCUT2D eigenvalue weighted by Gasteiger charge is -2.44. The number of anilines is 1. The van der Waals surface area contributed by atoms with Crippen LogP contribution in [-0.4, -0.2) is 189 Å². The predicted octanol–water partition coefficient (Wildman–Crippen LogP) is 6.90. The van der Waals surface area contributed by atoms with Crippen LogP contribution in [0.3, 0.4) is 0 Å². The Morgan fingerprint density at radius 3 is 2.29 bits per heavy atom. The molecule has 434 valence electrons. The lowest BCUT2D eigenvalue weighted by molar-refractivity contribution is -0.144. The molecule has 0 spiro atoms. The largest absolute Gasteiger partial charge is 0.508 e. The van der Waals surface area contributed by atoms with Gasteiger partial charge in [-0.15, -0.1) is 11.3 Å². The average Bonchev–Trinajstić information content (AvgIpc) is 4.19. The van der Waals surface area contributed by atoms with Crippen molar-refractivity contribution >= 4 is 74.1 Å². The number of phenols is 1. The number of aryl methyl sites for hydroxylation is 1. The molecule has 0 radical (unpaired) electrons. The molecule has 4 amide bonds. The van der Waals surface area contributed by atoms with Crippen molar-refractivity contribution in [3.8, 4) is 33.3 Å². The summed E-state index contributed by atoms with van der Waals surface area (Å²) < 4.78 is 23.6. The number of carbonyl (C=O) groups is 4. The summed E-state index contributed by atoms with van der Waals surface area (Å²) >= 11 is 8.53. The van der Waals surface area contributed by atoms with Gasteiger partial charge >= 0.3 is 6.01 Å². The number of rotatable bonds is 17. The molecule has 4 fully saturated rings. The van der Waals surface area contributed by atoms with Crippen LogP contribution in [0.5, 0.6) is 11.8 Å². The first-order valence-electron chi connectivity index (χ1n) is 28.2. The number of nitrogens with zero attached hydrogens (tertiary/aromatic N) is 9. The zero-order chi connectivity index (χ0) is 58.1. The molecule has 0 unspecified atom stereocenters. The van der Waals surface area contributed by atoms with E-state index in [0.29, 0.717) is 60.8 Å². The van der Waals surface area contributed by atoms with Gasteiger partial charge in [0.05, 0.1) is 39.8 Å². The summed E-state index contributed by atoms with van der Waals surface area (Å²) in [6, 6.07) is 18.0. The number of hydrogen-bond donors (Lipinski definition) is 4. The molecule has 4 N–H and O–H groups in total. The molecule has 6 heterocycles. The molecule has 6 aromatic rings. The Morgan fingerprint density at radius 2 is 1.61 bits per heavy atom. The van der Waals surface area contributed by atoms with E-state index in [1.54, 1.807) is 28.4 Å². The van der Waals surface area contributed by atoms with Crippen LogP contribution in [0.25, 0.3) is 43.2 Å². The lowest BCUT2D eigenvalue weighted by atomic mass is 9.85. The highest BCUT2D eigenvalue weighted by Crippen LogP contribution is 2.43. The van der Waals surface area contributed by atoms with Crippen LogP contribution in [0.15, 0.2) is 84.9 Å². The van der Waals surface area contributed by atoms with Crippen LogP contribution in [0.2, 0.25) is 5.02 Å². The van der Waals surface area contributed by atoms with Gasteiger partial charge in [-0.1, -0.05) is 87.5 Å². The minimum absolute atomic E-state index is 0.00396. The first-order chi connectivity index (χ1) is 39.2. The summed E-state index contributed by atoms with van der Waals surface area (Å²) in [4.78, 5) is 81.2. The van der Waals surface area contributed by atoms with Gasteiger partial charge in [0.1, 0.15) is 35.3 Å². The molecule has 18 nitrogen and oxygen atoms in total. The predicted molar refractivity (Wildman–Crippen MR) is 317 cm³/mol. The topological polar surface area (TPSA) is 200 Å². The van der Waals surface area contributed by atoms with Gasteiger partial charge in [0, 0.05) is 102 Å². The molecule has 4 saturated heterocycles. The number of benzene rings is 4. The van der Waals surface area contributed by atoms with Gasteiger partial charge in [0.15, 0.2) is 5.82 Å². The highest BCUT2D eigenvalue weighted by atomic mass is 35.5. The van der Waals surface area contributed by atoms with Crippen molar-refractivity contribution in [3.63, 3.8) is 0 Å². The number of carbonyl (C=O) groups excluding carboxylic acids is 4. The molecule has 0 saturated carbocycles. The maximum Gasteiger partial charge on any atom is 0.319 e. The molecule has 4 aliphatic heterocycles. The van der Waals surface area contributed by atoms with E-state index < -0.39 is 35.3 Å². The van der Waals surface area contributed by atoms with Gasteiger partial charge in [-0.2, -0.15) is 9.97 Å². The lowest BCUT2D eigenvalue weighted by Crippen LogP contribution is -2.60. The van der Waals surface area contributed by atoms with Crippen molar-refractivity contribution < 1.29 is 38.5 Å². The van der Waals surface area contributed by atoms with E-state index in [0.717, 1.165) is 72.9 Å². The van der Waals surface area contributed by atoms with Gasteiger partial charge in [-0.25, -0.2) is 9.37 Å². The third-order valence-electron chi connectivity index (χ3n) is 16.3. The Balaban J connectivity index is 0.713. The fraction of sp³-hybridized carbons (Fsp3) is 0.459. The van der Waals surface area contributed by atoms with Crippen LogP contribution in [0.1, 0.15) is 58.3 Å². The van der Waals surface area contributed by atoms with Gasteiger partial charge in [-0.3, -0.25) is 29.0 Å². The second-order valence-electron chi connectivity index (χ2n) is 23.5. The van der Waals surface area contributed by atoms with Gasteiger partial charge in [0.2, 0.25) is 23.6 Å². The summed E-state index contributed by atoms with van der Waals surface area (Å²) in [6.07, 6.45) is 0.158. The molecule has 5 atom stereocenters. The van der Waals surface area contributed by atoms with Crippen molar-refractivity contribution in [2.45, 2.75) is 78.3 Å². The third kappa shape index (κ3) is 12.9. The average molecular weight is 1160 g/mol. The maximum absolute atomic E-state index is 17.2. The van der Waals surface area contributed by atoms with Crippen molar-refractivity contribution in [1.82, 2.24) is 50.1 Å². The number of thiazole rings is 1. The molecule has 21 heteroatoms. The minimum atomic E-state index is -0.920. The number of nitrogens with one attached hydrogen (secondary N) is 2. The van der Waals surface area contributed by atoms with E-state index in [9.17, 15) is 29.4 Å². The Morgan fingerprint density at radius 1 is 0.902 bits per heavy atom. The highest BCUT2D eigenvalue weighted by molar-refractivity contribution is 7.13. The van der Waals surface area contributed by atoms with Crippen LogP contribution < -0.4 is 20.3 Å². The number of halogens is 2. The first kappa shape index (κ1) is 58.4. The summed E-state index contributed by atoms with van der Waals surface area (Å²) in [6.45, 7) is 23.2. The standard InChI is InChI=1S/C61H73ClFN11O7S/c1-8-51(78)72-21-23-73(24-22-72)57-47-28-48(62)52(46-26-43(75)25-42-11-9-10-12-45(42)46)53(63)54(47)67-60(68-57)81-36(2)29-69-17-19-70(20-18-69)30-39-31-71(32-39)34-50(77)66-56(61(5,6)7)59(80)74-33-44(76)27-49(74)58(79)65-37(3)40-13-15-41(16-14-40)55-38(4)64-35-82-55/h8-16,25-26,28,35-37,39,44,49,56,75-76H,1,17-24,27,29-34H2,2-7H3,(H,65,79)(H,66,77)/t36-,37+,44-,49+,56-/m1/s1. The summed E-state index contributed by atoms with van der Waals surface area (Å²) in [7, 11) is 0. The normalized spacial score (nSPS) is 19.7. The summed E-state index contributed by atoms with van der Waals surface area (Å²) in [5.41, 5.74) is 4.61. The van der Waals surface area contributed by atoms with Gasteiger partial charge in [0.25, 0.3) is 0 Å². The zero-order valence-electron chi connectivity index (χ0n) is 47.4. The van der Waals surface area contributed by atoms with Crippen LogP contribution in [0.4, 0.5) is 10.2 Å². The number of aromatic nitrogens is 3. The molecular weight excluding hydrogens is 1090 g/mol. The van der Waals surface area contributed by atoms with E-state index in [1.807, 2.05) is 100 Å². The fourth-order valence-electron chi connectivity index (χ4n) is 11.9. The molecule has 4 aliphatic rings. The number of β-amino-alcohol motifs (C(OH)–C–C–N with tert-alkyl or cyclic N) is 1. The van der Waals surface area contributed by atoms with Crippen LogP contribution in [-0.2, 0) is 19.2 Å². The number of ether oxygens (including phenoxy) is 1. The quantitative estimate of drug-likeness (QED) is 0.0688. The van der Waals surface area contributed by atoms with Gasteiger partial charge in [-0.05, 0) is 83.8 Å². The number of aromatic hydroxyl groups is 1. The van der Waals surface area contributed by atoms with E-state index in [-0.39, 0.29) is 77.2 Å². The molecule has 0 aliphatic carbocycles. The minimum Gasteiger partial charge on any atom is -0.508 e. The number of phenolic OH excluding ortho intramolecular Hbond substituents is 1. The van der Waals surface area contributed by atoms with Crippen molar-refractivity contribution in [2.24, 2.45) is 11.3 Å². The monoisotopic (exact) mass is 1160 g/mol. The SMILES string of the molecule is C=CC(=O)N1CCN(c2nc(O[C@H](C)CN3CCN(CC4CN(CC(=O)N[C@H](C(=O)N5C[C@H](O)C[C@H]5C(=O)N[C@@H](C)c5ccc(-c6scnc6C)cc5)C(C)(C)C)C4)CC3)nc3c(F)c(-c4cc(O)cc5ccccc45)c(Cl)cc23)CC1. The first-order valence-corrected chi connectivity index (χ1v) is 29.5. The third-order valence-corrected chi connectivity index (χ3v) is 17.6. The van der Waals surface area contributed by atoms with E-state index in [1.165, 1.54) is 17.0 Å². The zero-order valence-corrected chi connectivity index (χ0v) is 49.0. The Labute approximate surface area is 486 Å². The molecule has 82 heavy (non-hydrogen) atoms. The van der Waals surface area contributed by atoms with Crippen LogP contribution >= 0.6 is 22.9 Å². The smallest absolute Gasteiger partial charge is 0.319 e. The summed E-state index contributed by atoms with van der Waals surface area (Å²) in [5, 5.41) is 29.5. The molecular formula is C61H73ClFN11O7S. The number of hydrogen-bond acceptors (Lipinski definition) is 15. The Bertz CT molecular complexity index is 3360. The van der Waals surface area contributed by atoms with Crippen LogP contribution in [0, 0.1) is 24.1 Å². The number of aliphatic hydroxyl groups excluding tert-OH is 1. The van der Waals surface area contributed by atoms with Gasteiger partial charge < -0.3 is 45.2 Å². The van der Waals surface area contributed by atoms with Crippen molar-refractivity contribution in [1.29, 1.82) is 0 Å². The van der Waals surface area contributed by atoms with Crippen molar-refractivity contribution in [2.75, 3.05) is 96.5 Å². The number of aliphatic hydroxyl groups is 1. The maximum atomic E-state index is 17.2. The second kappa shape index (κ2) is 24.6. The number of amides is 4. The molecule has 4 aromatic carbocycles. The molecule has 2 aromatic heterocycles. The second-order valence-corrected chi connectivity index (χ2v) is 24.7. The highest BCUT2D eigenvalue weighted by Gasteiger charge is 2.45. The van der Waals surface area contributed by atoms with Crippen molar-refractivity contribution in [3.05, 3.63) is 107 Å². The molecule has 10 rings (SSSR count). The summed E-state index contributed by atoms with van der Waals surface area (Å²) in [5.74, 6) is -1.05.